The van der Waals surface area contributed by atoms with Crippen LogP contribution in [0.15, 0.2) is 11.6 Å². The third-order valence-corrected chi connectivity index (χ3v) is 3.40. The minimum absolute atomic E-state index is 0.0853. The van der Waals surface area contributed by atoms with Gasteiger partial charge in [-0.05, 0) is 19.3 Å². The number of hydrogen-bond donors (Lipinski definition) is 1. The molecule has 1 saturated heterocycles. The van der Waals surface area contributed by atoms with Gasteiger partial charge in [-0.2, -0.15) is 0 Å². The van der Waals surface area contributed by atoms with Gasteiger partial charge in [-0.25, -0.2) is 4.79 Å². The Morgan fingerprint density at radius 1 is 1.42 bits per heavy atom. The number of likely N-dealkylation sites (tertiary alicyclic amines) is 1. The number of esters is 1. The van der Waals surface area contributed by atoms with Crippen molar-refractivity contribution in [1.82, 2.24) is 4.90 Å². The molecule has 0 bridgehead atoms. The van der Waals surface area contributed by atoms with Crippen LogP contribution in [0.4, 0.5) is 0 Å². The molecular formula is C14H25NO4. The zero-order valence-electron chi connectivity index (χ0n) is 11.9. The Bertz CT molecular complexity index is 296. The van der Waals surface area contributed by atoms with Crippen LogP contribution in [-0.4, -0.2) is 62.0 Å². The van der Waals surface area contributed by atoms with E-state index in [1.807, 2.05) is 13.0 Å². The Morgan fingerprint density at radius 2 is 2.11 bits per heavy atom. The van der Waals surface area contributed by atoms with E-state index in [4.69, 9.17) is 14.6 Å². The summed E-state index contributed by atoms with van der Waals surface area (Å²) in [5, 5.41) is 8.71. The standard InChI is InChI=1S/C14H25NO4/c1-3-12(14(17)18-2)4-7-15-8-5-13(6-9-15)19-11-10-16/h4,13,16H,3,5-11H2,1-2H3. The molecule has 0 aromatic rings. The second-order valence-corrected chi connectivity index (χ2v) is 4.67. The lowest BCUT2D eigenvalue weighted by Gasteiger charge is -2.31. The number of rotatable bonds is 7. The van der Waals surface area contributed by atoms with Crippen molar-refractivity contribution in [2.75, 3.05) is 40.0 Å². The monoisotopic (exact) mass is 271 g/mol. The van der Waals surface area contributed by atoms with Crippen molar-refractivity contribution in [2.24, 2.45) is 0 Å². The summed E-state index contributed by atoms with van der Waals surface area (Å²) < 4.78 is 10.3. The maximum atomic E-state index is 11.4. The third-order valence-electron chi connectivity index (χ3n) is 3.40. The van der Waals surface area contributed by atoms with Crippen LogP contribution in [0, 0.1) is 0 Å². The van der Waals surface area contributed by atoms with Gasteiger partial charge < -0.3 is 14.6 Å². The van der Waals surface area contributed by atoms with Crippen LogP contribution in [0.25, 0.3) is 0 Å². The van der Waals surface area contributed by atoms with Gasteiger partial charge in [0.15, 0.2) is 0 Å². The molecule has 0 aromatic heterocycles. The highest BCUT2D eigenvalue weighted by Gasteiger charge is 2.19. The molecule has 1 aliphatic heterocycles. The fourth-order valence-electron chi connectivity index (χ4n) is 2.22. The molecule has 0 atom stereocenters. The van der Waals surface area contributed by atoms with Gasteiger partial charge in [0.25, 0.3) is 0 Å². The number of ether oxygens (including phenoxy) is 2. The number of aliphatic hydroxyl groups excluding tert-OH is 1. The van der Waals surface area contributed by atoms with Crippen molar-refractivity contribution < 1.29 is 19.4 Å². The average Bonchev–Trinajstić information content (AvgIpc) is 2.46. The van der Waals surface area contributed by atoms with Gasteiger partial charge in [0.05, 0.1) is 26.4 Å². The minimum atomic E-state index is -0.233. The first-order chi connectivity index (χ1) is 9.21. The summed E-state index contributed by atoms with van der Waals surface area (Å²) in [5.74, 6) is -0.233. The molecule has 0 saturated carbocycles. The lowest BCUT2D eigenvalue weighted by molar-refractivity contribution is -0.136. The fourth-order valence-corrected chi connectivity index (χ4v) is 2.22. The molecule has 1 fully saturated rings. The van der Waals surface area contributed by atoms with E-state index in [0.29, 0.717) is 13.0 Å². The largest absolute Gasteiger partial charge is 0.466 e. The van der Waals surface area contributed by atoms with Crippen molar-refractivity contribution in [2.45, 2.75) is 32.3 Å². The summed E-state index contributed by atoms with van der Waals surface area (Å²) in [4.78, 5) is 13.7. The van der Waals surface area contributed by atoms with Crippen LogP contribution in [0.3, 0.4) is 0 Å². The van der Waals surface area contributed by atoms with E-state index in [-0.39, 0.29) is 18.7 Å². The highest BCUT2D eigenvalue weighted by atomic mass is 16.5. The van der Waals surface area contributed by atoms with E-state index in [1.165, 1.54) is 7.11 Å². The molecule has 0 radical (unpaired) electrons. The fraction of sp³-hybridized carbons (Fsp3) is 0.786. The van der Waals surface area contributed by atoms with E-state index in [1.54, 1.807) is 0 Å². The molecule has 5 nitrogen and oxygen atoms in total. The Labute approximate surface area is 115 Å². The average molecular weight is 271 g/mol. The van der Waals surface area contributed by atoms with Crippen LogP contribution in [0.2, 0.25) is 0 Å². The Hall–Kier alpha value is -0.910. The van der Waals surface area contributed by atoms with Crippen molar-refractivity contribution in [3.05, 3.63) is 11.6 Å². The molecule has 19 heavy (non-hydrogen) atoms. The molecule has 0 spiro atoms. The van der Waals surface area contributed by atoms with Gasteiger partial charge in [0.2, 0.25) is 0 Å². The first kappa shape index (κ1) is 16.1. The second kappa shape index (κ2) is 9.07. The van der Waals surface area contributed by atoms with Gasteiger partial charge in [-0.15, -0.1) is 0 Å². The molecular weight excluding hydrogens is 246 g/mol. The summed E-state index contributed by atoms with van der Waals surface area (Å²) in [6, 6.07) is 0. The summed E-state index contributed by atoms with van der Waals surface area (Å²) in [6.45, 7) is 5.17. The zero-order chi connectivity index (χ0) is 14.1. The van der Waals surface area contributed by atoms with Crippen LogP contribution in [-0.2, 0) is 14.3 Å². The molecule has 0 aromatic carbocycles. The van der Waals surface area contributed by atoms with Crippen LogP contribution in [0.1, 0.15) is 26.2 Å². The number of methoxy groups -OCH3 is 1. The van der Waals surface area contributed by atoms with Gasteiger partial charge in [-0.3, -0.25) is 4.90 Å². The summed E-state index contributed by atoms with van der Waals surface area (Å²) in [7, 11) is 1.41. The normalized spacial score (nSPS) is 18.6. The lowest BCUT2D eigenvalue weighted by atomic mass is 10.1. The molecule has 1 rings (SSSR count). The number of carbonyl (C=O) groups excluding carboxylic acids is 1. The summed E-state index contributed by atoms with van der Waals surface area (Å²) in [5.41, 5.74) is 0.737. The Balaban J connectivity index is 2.32. The highest BCUT2D eigenvalue weighted by Crippen LogP contribution is 2.14. The molecule has 0 amide bonds. The minimum Gasteiger partial charge on any atom is -0.466 e. The molecule has 110 valence electrons. The van der Waals surface area contributed by atoms with E-state index in [2.05, 4.69) is 4.90 Å². The summed E-state index contributed by atoms with van der Waals surface area (Å²) in [6.07, 6.45) is 4.88. The number of carbonyl (C=O) groups is 1. The van der Waals surface area contributed by atoms with E-state index < -0.39 is 0 Å². The number of nitrogens with zero attached hydrogens (tertiary/aromatic N) is 1. The van der Waals surface area contributed by atoms with E-state index in [9.17, 15) is 4.79 Å². The first-order valence-corrected chi connectivity index (χ1v) is 6.93. The van der Waals surface area contributed by atoms with Crippen molar-refractivity contribution >= 4 is 5.97 Å². The molecule has 0 aliphatic carbocycles. The number of hydrogen-bond acceptors (Lipinski definition) is 5. The molecule has 1 N–H and O–H groups in total. The second-order valence-electron chi connectivity index (χ2n) is 4.67. The van der Waals surface area contributed by atoms with Crippen molar-refractivity contribution in [3.63, 3.8) is 0 Å². The molecule has 1 aliphatic rings. The Morgan fingerprint density at radius 3 is 2.63 bits per heavy atom. The third kappa shape index (κ3) is 5.72. The first-order valence-electron chi connectivity index (χ1n) is 6.93. The topological polar surface area (TPSA) is 59.0 Å². The number of piperidine rings is 1. The van der Waals surface area contributed by atoms with Crippen LogP contribution in [0.5, 0.6) is 0 Å². The number of aliphatic hydroxyl groups is 1. The molecule has 5 heteroatoms. The van der Waals surface area contributed by atoms with Crippen molar-refractivity contribution in [3.8, 4) is 0 Å². The lowest BCUT2D eigenvalue weighted by Crippen LogP contribution is -2.37. The van der Waals surface area contributed by atoms with Gasteiger partial charge in [0.1, 0.15) is 0 Å². The van der Waals surface area contributed by atoms with E-state index >= 15 is 0 Å². The zero-order valence-corrected chi connectivity index (χ0v) is 11.9. The smallest absolute Gasteiger partial charge is 0.333 e. The Kier molecular flexibility index (Phi) is 7.70. The highest BCUT2D eigenvalue weighted by molar-refractivity contribution is 5.88. The maximum absolute atomic E-state index is 11.4. The van der Waals surface area contributed by atoms with Crippen molar-refractivity contribution in [1.29, 1.82) is 0 Å². The van der Waals surface area contributed by atoms with Crippen LogP contribution < -0.4 is 0 Å². The quantitative estimate of drug-likeness (QED) is 0.552. The van der Waals surface area contributed by atoms with Gasteiger partial charge in [-0.1, -0.05) is 13.0 Å². The van der Waals surface area contributed by atoms with Gasteiger partial charge in [0, 0.05) is 25.2 Å². The predicted octanol–water partition coefficient (Wildman–Crippen LogP) is 0.969. The molecule has 0 unspecified atom stereocenters. The maximum Gasteiger partial charge on any atom is 0.333 e. The van der Waals surface area contributed by atoms with Crippen LogP contribution >= 0.6 is 0 Å². The van der Waals surface area contributed by atoms with Gasteiger partial charge >= 0.3 is 5.97 Å². The molecule has 1 heterocycles. The van der Waals surface area contributed by atoms with E-state index in [0.717, 1.165) is 38.0 Å². The summed E-state index contributed by atoms with van der Waals surface area (Å²) >= 11 is 0. The SMILES string of the molecule is CCC(=CCN1CCC(OCCO)CC1)C(=O)OC. The predicted molar refractivity (Wildman–Crippen MR) is 72.9 cm³/mol.